The Hall–Kier alpha value is -3.17. The molecule has 3 heterocycles. The van der Waals surface area contributed by atoms with Crippen LogP contribution in [0.3, 0.4) is 0 Å². The Morgan fingerprint density at radius 2 is 2.06 bits per heavy atom. The second kappa shape index (κ2) is 10.4. The van der Waals surface area contributed by atoms with Gasteiger partial charge in [-0.15, -0.1) is 5.10 Å². The van der Waals surface area contributed by atoms with Crippen LogP contribution in [0.5, 0.6) is 0 Å². The van der Waals surface area contributed by atoms with Crippen LogP contribution < -0.4 is 11.1 Å². The molecule has 2 aromatic heterocycles. The zero-order valence-corrected chi connectivity index (χ0v) is 18.3. The number of aromatic nitrogens is 2. The van der Waals surface area contributed by atoms with Gasteiger partial charge in [-0.05, 0) is 57.1 Å². The van der Waals surface area contributed by atoms with Gasteiger partial charge in [-0.25, -0.2) is 9.51 Å². The lowest BCUT2D eigenvalue weighted by molar-refractivity contribution is 0.149. The van der Waals surface area contributed by atoms with Crippen molar-refractivity contribution in [2.24, 2.45) is 10.7 Å². The van der Waals surface area contributed by atoms with Crippen molar-refractivity contribution in [1.82, 2.24) is 14.5 Å². The molecule has 0 unspecified atom stereocenters. The third kappa shape index (κ3) is 5.17. The van der Waals surface area contributed by atoms with Crippen LogP contribution in [0.25, 0.3) is 5.52 Å². The first-order chi connectivity index (χ1) is 15.7. The van der Waals surface area contributed by atoms with Crippen LogP contribution in [0.15, 0.2) is 53.0 Å². The van der Waals surface area contributed by atoms with Crippen LogP contribution in [0.4, 0.5) is 11.5 Å². The van der Waals surface area contributed by atoms with Crippen LogP contribution >= 0.6 is 0 Å². The first-order valence-electron chi connectivity index (χ1n) is 11.2. The highest BCUT2D eigenvalue weighted by atomic mass is 16.5. The molecule has 9 nitrogen and oxygen atoms in total. The van der Waals surface area contributed by atoms with E-state index in [0.717, 1.165) is 25.0 Å². The molecule has 1 saturated heterocycles. The molecule has 1 aliphatic heterocycles. The zero-order chi connectivity index (χ0) is 22.3. The summed E-state index contributed by atoms with van der Waals surface area (Å²) in [7, 11) is 0. The van der Waals surface area contributed by atoms with E-state index in [4.69, 9.17) is 26.0 Å². The van der Waals surface area contributed by atoms with Crippen LogP contribution in [0.2, 0.25) is 0 Å². The van der Waals surface area contributed by atoms with Crippen molar-refractivity contribution in [3.05, 3.63) is 48.0 Å². The fourth-order valence-electron chi connectivity index (χ4n) is 3.99. The van der Waals surface area contributed by atoms with Crippen molar-refractivity contribution in [1.29, 1.82) is 5.41 Å². The van der Waals surface area contributed by atoms with Crippen molar-refractivity contribution in [3.63, 3.8) is 0 Å². The second-order valence-electron chi connectivity index (χ2n) is 8.00. The highest BCUT2D eigenvalue weighted by Gasteiger charge is 2.19. The summed E-state index contributed by atoms with van der Waals surface area (Å²) in [5, 5.41) is 25.5. The number of hydrogen-bond acceptors (Lipinski definition) is 8. The molecule has 2 aromatic rings. The number of aliphatic hydroxyl groups is 1. The maximum absolute atomic E-state index is 9.04. The van der Waals surface area contributed by atoms with Crippen molar-refractivity contribution < 1.29 is 9.84 Å². The predicted molar refractivity (Wildman–Crippen MR) is 127 cm³/mol. The van der Waals surface area contributed by atoms with Crippen molar-refractivity contribution in [2.75, 3.05) is 44.7 Å². The van der Waals surface area contributed by atoms with Gasteiger partial charge < -0.3 is 25.8 Å². The lowest BCUT2D eigenvalue weighted by Gasteiger charge is -2.26. The van der Waals surface area contributed by atoms with Crippen LogP contribution in [-0.2, 0) is 4.74 Å². The molecule has 0 atom stereocenters. The molecule has 4 rings (SSSR count). The number of ether oxygens (including phenoxy) is 1. The normalized spacial score (nSPS) is 18.7. The number of aliphatic imine (C=N–C) groups is 1. The molecular weight excluding hydrogens is 406 g/mol. The third-order valence-electron chi connectivity index (χ3n) is 5.62. The molecule has 0 amide bonds. The highest BCUT2D eigenvalue weighted by Crippen LogP contribution is 2.31. The molecule has 170 valence electrons. The molecule has 0 saturated carbocycles. The van der Waals surface area contributed by atoms with Gasteiger partial charge in [0, 0.05) is 18.8 Å². The summed E-state index contributed by atoms with van der Waals surface area (Å²) in [6, 6.07) is 5.81. The summed E-state index contributed by atoms with van der Waals surface area (Å²) in [6.45, 7) is 4.27. The number of fused-ring (bicyclic) bond motifs is 1. The molecule has 0 spiro atoms. The first kappa shape index (κ1) is 22.0. The van der Waals surface area contributed by atoms with E-state index >= 15 is 0 Å². The minimum Gasteiger partial charge on any atom is -0.489 e. The molecular formula is C23H31N7O2. The van der Waals surface area contributed by atoms with E-state index in [0.29, 0.717) is 28.7 Å². The molecule has 1 fully saturated rings. The van der Waals surface area contributed by atoms with Gasteiger partial charge in [0.15, 0.2) is 5.82 Å². The molecule has 0 aromatic carbocycles. The van der Waals surface area contributed by atoms with Crippen LogP contribution in [0.1, 0.15) is 25.7 Å². The molecule has 5 N–H and O–H groups in total. The maximum Gasteiger partial charge on any atom is 0.175 e. The molecule has 2 aliphatic rings. The molecule has 9 heteroatoms. The average molecular weight is 438 g/mol. The van der Waals surface area contributed by atoms with Crippen molar-refractivity contribution in [3.8, 4) is 0 Å². The summed E-state index contributed by atoms with van der Waals surface area (Å²) in [4.78, 5) is 7.29. The SMILES string of the molecule is N=C1C=C(N)C(OCCO)=CC1=Nc1c(NCCCN2CCCCC2)nn2ccccc12. The monoisotopic (exact) mass is 437 g/mol. The van der Waals surface area contributed by atoms with Gasteiger partial charge in [0.05, 0.1) is 29.2 Å². The summed E-state index contributed by atoms with van der Waals surface area (Å²) in [6.07, 6.45) is 10.00. The fourth-order valence-corrected chi connectivity index (χ4v) is 3.99. The number of likely N-dealkylation sites (tertiary alicyclic amines) is 1. The van der Waals surface area contributed by atoms with Crippen LogP contribution in [-0.4, -0.2) is 70.4 Å². The van der Waals surface area contributed by atoms with Crippen LogP contribution in [0, 0.1) is 5.41 Å². The Balaban J connectivity index is 1.54. The molecule has 32 heavy (non-hydrogen) atoms. The summed E-state index contributed by atoms with van der Waals surface area (Å²) in [5.41, 5.74) is 8.47. The van der Waals surface area contributed by atoms with Crippen molar-refractivity contribution in [2.45, 2.75) is 25.7 Å². The van der Waals surface area contributed by atoms with Gasteiger partial charge in [-0.2, -0.15) is 0 Å². The first-order valence-corrected chi connectivity index (χ1v) is 11.2. The van der Waals surface area contributed by atoms with Gasteiger partial charge in [-0.3, -0.25) is 5.41 Å². The number of nitrogens with zero attached hydrogens (tertiary/aromatic N) is 4. The smallest absolute Gasteiger partial charge is 0.175 e. The minimum atomic E-state index is -0.117. The van der Waals surface area contributed by atoms with E-state index in [-0.39, 0.29) is 18.9 Å². The van der Waals surface area contributed by atoms with Gasteiger partial charge in [0.25, 0.3) is 0 Å². The van der Waals surface area contributed by atoms with Gasteiger partial charge in [-0.1, -0.05) is 12.5 Å². The van der Waals surface area contributed by atoms with E-state index in [2.05, 4.69) is 15.3 Å². The number of rotatable bonds is 9. The summed E-state index contributed by atoms with van der Waals surface area (Å²) in [5.74, 6) is 1.09. The van der Waals surface area contributed by atoms with E-state index in [1.54, 1.807) is 10.6 Å². The van der Waals surface area contributed by atoms with Gasteiger partial charge >= 0.3 is 0 Å². The number of aliphatic hydroxyl groups excluding tert-OH is 1. The Morgan fingerprint density at radius 3 is 2.88 bits per heavy atom. The summed E-state index contributed by atoms with van der Waals surface area (Å²) < 4.78 is 7.28. The van der Waals surface area contributed by atoms with Gasteiger partial charge in [0.2, 0.25) is 0 Å². The lowest BCUT2D eigenvalue weighted by atomic mass is 10.1. The number of piperidine rings is 1. The predicted octanol–water partition coefficient (Wildman–Crippen LogP) is 2.46. The number of nitrogens with one attached hydrogen (secondary N) is 2. The van der Waals surface area contributed by atoms with E-state index < -0.39 is 0 Å². The minimum absolute atomic E-state index is 0.117. The van der Waals surface area contributed by atoms with Crippen molar-refractivity contribution >= 4 is 28.4 Å². The van der Waals surface area contributed by atoms with Gasteiger partial charge in [0.1, 0.15) is 18.1 Å². The molecule has 0 radical (unpaired) electrons. The van der Waals surface area contributed by atoms with E-state index in [1.165, 1.54) is 38.4 Å². The zero-order valence-electron chi connectivity index (χ0n) is 18.3. The Labute approximate surface area is 187 Å². The number of hydrogen-bond donors (Lipinski definition) is 4. The molecule has 1 aliphatic carbocycles. The standard InChI is InChI=1S/C23H31N7O2/c24-17-15-18(25)21(32-14-13-31)16-19(17)27-22-20-7-2-5-12-30(20)28-23(22)26-8-6-11-29-9-3-1-4-10-29/h2,5,7,12,15-16,24,31H,1,3-4,6,8-11,13-14,25H2,(H,26,28). The number of anilines is 1. The Morgan fingerprint density at radius 1 is 1.22 bits per heavy atom. The number of pyridine rings is 1. The molecule has 0 bridgehead atoms. The summed E-state index contributed by atoms with van der Waals surface area (Å²) >= 11 is 0. The lowest BCUT2D eigenvalue weighted by Crippen LogP contribution is -2.31. The number of allylic oxidation sites excluding steroid dienone is 2. The quantitative estimate of drug-likeness (QED) is 0.353. The topological polar surface area (TPSA) is 124 Å². The van der Waals surface area contributed by atoms with E-state index in [1.807, 2.05) is 24.4 Å². The highest BCUT2D eigenvalue weighted by molar-refractivity contribution is 6.50. The fraction of sp³-hybridized carbons (Fsp3) is 0.435. The second-order valence-corrected chi connectivity index (χ2v) is 8.00. The van der Waals surface area contributed by atoms with E-state index in [9.17, 15) is 0 Å². The largest absolute Gasteiger partial charge is 0.489 e. The maximum atomic E-state index is 9.04. The Bertz CT molecular complexity index is 1050. The average Bonchev–Trinajstić information content (AvgIpc) is 3.15. The third-order valence-corrected chi connectivity index (χ3v) is 5.62. The number of nitrogens with two attached hydrogens (primary N) is 1. The Kier molecular flexibility index (Phi) is 7.18.